The van der Waals surface area contributed by atoms with Crippen LogP contribution in [0.2, 0.25) is 5.02 Å². The van der Waals surface area contributed by atoms with Crippen LogP contribution in [0.4, 0.5) is 0 Å². The number of aldehydes is 1. The Morgan fingerprint density at radius 3 is 2.57 bits per heavy atom. The maximum absolute atomic E-state index is 10.9. The van der Waals surface area contributed by atoms with E-state index >= 15 is 0 Å². The van der Waals surface area contributed by atoms with E-state index in [1.165, 1.54) is 0 Å². The van der Waals surface area contributed by atoms with Crippen molar-refractivity contribution in [3.63, 3.8) is 0 Å². The van der Waals surface area contributed by atoms with E-state index in [9.17, 15) is 9.59 Å². The highest BCUT2D eigenvalue weighted by molar-refractivity contribution is 6.32. The number of aromatic nitrogens is 2. The number of fused-ring (bicyclic) bond motifs is 1. The second-order valence-electron chi connectivity index (χ2n) is 2.94. The summed E-state index contributed by atoms with van der Waals surface area (Å²) in [6.07, 6.45) is 1.03. The van der Waals surface area contributed by atoms with Crippen LogP contribution < -0.4 is 5.69 Å². The monoisotopic (exact) mass is 210 g/mol. The van der Waals surface area contributed by atoms with Crippen molar-refractivity contribution >= 4 is 28.9 Å². The Balaban J connectivity index is 2.69. The summed E-state index contributed by atoms with van der Waals surface area (Å²) in [5.74, 6) is 0. The van der Waals surface area contributed by atoms with Gasteiger partial charge in [0.05, 0.1) is 11.0 Å². The second kappa shape index (κ2) is 3.31. The summed E-state index contributed by atoms with van der Waals surface area (Å²) in [7, 11) is 0. The summed E-state index contributed by atoms with van der Waals surface area (Å²) in [5.41, 5.74) is 1.75. The number of benzene rings is 1. The third-order valence-corrected chi connectivity index (χ3v) is 2.34. The molecule has 72 valence electrons. The molecular formula is C9H7ClN2O2. The normalized spacial score (nSPS) is 10.6. The number of halogens is 1. The van der Waals surface area contributed by atoms with Gasteiger partial charge in [-0.2, -0.15) is 0 Å². The van der Waals surface area contributed by atoms with E-state index < -0.39 is 0 Å². The molecule has 0 bridgehead atoms. The summed E-state index contributed by atoms with van der Waals surface area (Å²) in [6.45, 7) is 0. The lowest BCUT2D eigenvalue weighted by Crippen LogP contribution is -1.99. The fourth-order valence-electron chi connectivity index (χ4n) is 1.35. The Morgan fingerprint density at radius 2 is 1.93 bits per heavy atom. The molecule has 0 fully saturated rings. The molecule has 4 nitrogen and oxygen atoms in total. The van der Waals surface area contributed by atoms with E-state index in [1.807, 2.05) is 0 Å². The zero-order valence-corrected chi connectivity index (χ0v) is 7.89. The van der Waals surface area contributed by atoms with Gasteiger partial charge < -0.3 is 14.8 Å². The highest BCUT2D eigenvalue weighted by Gasteiger charge is 2.04. The maximum Gasteiger partial charge on any atom is 0.323 e. The van der Waals surface area contributed by atoms with Gasteiger partial charge in [-0.25, -0.2) is 4.79 Å². The summed E-state index contributed by atoms with van der Waals surface area (Å²) < 4.78 is 0. The van der Waals surface area contributed by atoms with Gasteiger partial charge in [-0.1, -0.05) is 11.6 Å². The molecule has 0 aliphatic heterocycles. The quantitative estimate of drug-likeness (QED) is 0.733. The Kier molecular flexibility index (Phi) is 2.13. The van der Waals surface area contributed by atoms with Gasteiger partial charge >= 0.3 is 5.69 Å². The van der Waals surface area contributed by atoms with Crippen molar-refractivity contribution in [2.24, 2.45) is 0 Å². The number of aromatic amines is 2. The standard InChI is InChI=1S/C9H7ClN2O2/c10-6-4-8-7(11-9(14)12-8)3-5(6)1-2-13/h2-4H,1H2,(H2,11,12,14). The molecule has 0 aliphatic rings. The molecule has 2 N–H and O–H groups in total. The molecular weight excluding hydrogens is 204 g/mol. The molecule has 0 saturated heterocycles. The molecule has 0 saturated carbocycles. The lowest BCUT2D eigenvalue weighted by atomic mass is 10.1. The third-order valence-electron chi connectivity index (χ3n) is 1.99. The van der Waals surface area contributed by atoms with Crippen LogP contribution in [0.15, 0.2) is 16.9 Å². The molecule has 1 aromatic carbocycles. The summed E-state index contributed by atoms with van der Waals surface area (Å²) >= 11 is 5.90. The van der Waals surface area contributed by atoms with Gasteiger partial charge in [0.1, 0.15) is 6.29 Å². The van der Waals surface area contributed by atoms with Gasteiger partial charge in [0.25, 0.3) is 0 Å². The molecule has 1 aromatic heterocycles. The molecule has 1 heterocycles. The maximum atomic E-state index is 10.9. The number of H-pyrrole nitrogens is 2. The first-order chi connectivity index (χ1) is 6.70. The predicted molar refractivity (Wildman–Crippen MR) is 53.7 cm³/mol. The lowest BCUT2D eigenvalue weighted by Gasteiger charge is -1.98. The minimum absolute atomic E-state index is 0.252. The largest absolute Gasteiger partial charge is 0.323 e. The van der Waals surface area contributed by atoms with Crippen LogP contribution in [0.5, 0.6) is 0 Å². The van der Waals surface area contributed by atoms with Gasteiger partial charge in [0.15, 0.2) is 0 Å². The van der Waals surface area contributed by atoms with Crippen molar-refractivity contribution in [3.8, 4) is 0 Å². The lowest BCUT2D eigenvalue weighted by molar-refractivity contribution is -0.107. The van der Waals surface area contributed by atoms with Crippen molar-refractivity contribution < 1.29 is 4.79 Å². The molecule has 0 spiro atoms. The van der Waals surface area contributed by atoms with Crippen LogP contribution in [0.1, 0.15) is 5.56 Å². The first-order valence-electron chi connectivity index (χ1n) is 4.05. The van der Waals surface area contributed by atoms with Crippen LogP contribution in [0.3, 0.4) is 0 Å². The second-order valence-corrected chi connectivity index (χ2v) is 3.35. The number of hydrogen-bond acceptors (Lipinski definition) is 2. The van der Waals surface area contributed by atoms with Crippen molar-refractivity contribution in [2.45, 2.75) is 6.42 Å². The van der Waals surface area contributed by atoms with Crippen LogP contribution in [0.25, 0.3) is 11.0 Å². The molecule has 0 unspecified atom stereocenters. The summed E-state index contributed by atoms with van der Waals surface area (Å²) in [6, 6.07) is 3.33. The van der Waals surface area contributed by atoms with Gasteiger partial charge in [-0.05, 0) is 17.7 Å². The Labute approximate surface area is 83.9 Å². The minimum atomic E-state index is -0.278. The van der Waals surface area contributed by atoms with Gasteiger partial charge in [-0.15, -0.1) is 0 Å². The van der Waals surface area contributed by atoms with Crippen LogP contribution in [-0.4, -0.2) is 16.3 Å². The number of hydrogen-bond donors (Lipinski definition) is 2. The summed E-state index contributed by atoms with van der Waals surface area (Å²) in [4.78, 5) is 26.5. The van der Waals surface area contributed by atoms with Crippen molar-refractivity contribution in [3.05, 3.63) is 33.2 Å². The average molecular weight is 211 g/mol. The molecule has 0 radical (unpaired) electrons. The van der Waals surface area contributed by atoms with E-state index in [1.54, 1.807) is 12.1 Å². The smallest absolute Gasteiger partial charge is 0.306 e. The highest BCUT2D eigenvalue weighted by atomic mass is 35.5. The highest BCUT2D eigenvalue weighted by Crippen LogP contribution is 2.20. The molecule has 2 rings (SSSR count). The van der Waals surface area contributed by atoms with Crippen molar-refractivity contribution in [2.75, 3.05) is 0 Å². The number of rotatable bonds is 2. The van der Waals surface area contributed by atoms with Crippen LogP contribution >= 0.6 is 11.6 Å². The zero-order valence-electron chi connectivity index (χ0n) is 7.13. The minimum Gasteiger partial charge on any atom is -0.306 e. The zero-order chi connectivity index (χ0) is 10.1. The Hall–Kier alpha value is -1.55. The molecule has 0 atom stereocenters. The topological polar surface area (TPSA) is 65.7 Å². The third kappa shape index (κ3) is 1.44. The molecule has 5 heteroatoms. The average Bonchev–Trinajstić information content (AvgIpc) is 2.45. The van der Waals surface area contributed by atoms with Crippen molar-refractivity contribution in [1.82, 2.24) is 9.97 Å². The van der Waals surface area contributed by atoms with E-state index in [4.69, 9.17) is 11.6 Å². The van der Waals surface area contributed by atoms with Gasteiger partial charge in [0.2, 0.25) is 0 Å². The molecule has 0 amide bonds. The SMILES string of the molecule is O=CCc1cc2[nH]c(=O)[nH]c2cc1Cl. The molecule has 14 heavy (non-hydrogen) atoms. The molecule has 2 aromatic rings. The van der Waals surface area contributed by atoms with Crippen molar-refractivity contribution in [1.29, 1.82) is 0 Å². The molecule has 0 aliphatic carbocycles. The number of imidazole rings is 1. The van der Waals surface area contributed by atoms with Gasteiger partial charge in [-0.3, -0.25) is 0 Å². The van der Waals surface area contributed by atoms with E-state index in [0.717, 1.165) is 6.29 Å². The summed E-state index contributed by atoms with van der Waals surface area (Å²) in [5, 5.41) is 0.486. The number of carbonyl (C=O) groups excluding carboxylic acids is 1. The van der Waals surface area contributed by atoms with Crippen LogP contribution in [0, 0.1) is 0 Å². The Bertz CT molecular complexity index is 541. The first-order valence-corrected chi connectivity index (χ1v) is 4.42. The van der Waals surface area contributed by atoms with Crippen LogP contribution in [-0.2, 0) is 11.2 Å². The number of nitrogens with one attached hydrogen (secondary N) is 2. The predicted octanol–water partition coefficient (Wildman–Crippen LogP) is 1.25. The number of carbonyl (C=O) groups is 1. The van der Waals surface area contributed by atoms with E-state index in [-0.39, 0.29) is 12.1 Å². The van der Waals surface area contributed by atoms with E-state index in [0.29, 0.717) is 21.6 Å². The fraction of sp³-hybridized carbons (Fsp3) is 0.111. The van der Waals surface area contributed by atoms with Gasteiger partial charge in [0, 0.05) is 11.4 Å². The van der Waals surface area contributed by atoms with E-state index in [2.05, 4.69) is 9.97 Å². The Morgan fingerprint density at radius 1 is 1.29 bits per heavy atom. The first kappa shape index (κ1) is 9.02. The fourth-order valence-corrected chi connectivity index (χ4v) is 1.59.